The van der Waals surface area contributed by atoms with E-state index in [9.17, 15) is 4.79 Å². The Morgan fingerprint density at radius 3 is 2.73 bits per heavy atom. The highest BCUT2D eigenvalue weighted by Gasteiger charge is 2.18. The van der Waals surface area contributed by atoms with E-state index in [1.165, 1.54) is 4.57 Å². The van der Waals surface area contributed by atoms with Crippen molar-refractivity contribution in [2.75, 3.05) is 12.3 Å². The van der Waals surface area contributed by atoms with Crippen molar-refractivity contribution in [3.8, 4) is 0 Å². The second-order valence-electron chi connectivity index (χ2n) is 4.38. The lowest BCUT2D eigenvalue weighted by Crippen LogP contribution is -2.31. The van der Waals surface area contributed by atoms with E-state index in [2.05, 4.69) is 15.9 Å². The monoisotopic (exact) mass is 274 g/mol. The van der Waals surface area contributed by atoms with Crippen LogP contribution in [0.4, 0.5) is 5.69 Å². The van der Waals surface area contributed by atoms with Crippen LogP contribution in [-0.2, 0) is 6.54 Å². The van der Waals surface area contributed by atoms with Crippen LogP contribution < -0.4 is 11.3 Å². The maximum absolute atomic E-state index is 11.7. The molecule has 1 aromatic rings. The van der Waals surface area contributed by atoms with E-state index in [1.807, 2.05) is 13.8 Å². The van der Waals surface area contributed by atoms with Crippen LogP contribution in [0.5, 0.6) is 0 Å². The Labute approximate surface area is 96.8 Å². The van der Waals surface area contributed by atoms with Crippen molar-refractivity contribution in [3.05, 3.63) is 27.1 Å². The molecule has 0 fully saturated rings. The summed E-state index contributed by atoms with van der Waals surface area (Å²) in [7, 11) is 0. The fourth-order valence-corrected chi connectivity index (χ4v) is 1.74. The van der Waals surface area contributed by atoms with Gasteiger partial charge >= 0.3 is 0 Å². The Morgan fingerprint density at radius 1 is 1.60 bits per heavy atom. The van der Waals surface area contributed by atoms with Crippen LogP contribution >= 0.6 is 15.9 Å². The first kappa shape index (κ1) is 12.3. The Morgan fingerprint density at radius 2 is 2.20 bits per heavy atom. The number of aromatic nitrogens is 1. The van der Waals surface area contributed by atoms with Crippen molar-refractivity contribution in [2.24, 2.45) is 5.41 Å². The van der Waals surface area contributed by atoms with Crippen molar-refractivity contribution in [1.82, 2.24) is 4.57 Å². The summed E-state index contributed by atoms with van der Waals surface area (Å²) in [4.78, 5) is 11.7. The summed E-state index contributed by atoms with van der Waals surface area (Å²) in [6.45, 7) is 4.23. The normalized spacial score (nSPS) is 11.7. The second kappa shape index (κ2) is 4.37. The van der Waals surface area contributed by atoms with E-state index in [4.69, 9.17) is 10.8 Å². The quantitative estimate of drug-likeness (QED) is 0.871. The number of nitrogens with two attached hydrogens (primary N) is 1. The van der Waals surface area contributed by atoms with Gasteiger partial charge in [0.05, 0.1) is 4.47 Å². The van der Waals surface area contributed by atoms with E-state index in [1.54, 1.807) is 12.3 Å². The summed E-state index contributed by atoms with van der Waals surface area (Å²) in [5, 5.41) is 9.13. The standard InChI is InChI=1S/C10H15BrN2O2/c1-10(2,6-14)5-13-4-7(12)3-8(11)9(13)15/h3-4,14H,5-6,12H2,1-2H3. The molecule has 0 saturated carbocycles. The van der Waals surface area contributed by atoms with E-state index in [-0.39, 0.29) is 17.6 Å². The molecule has 0 saturated heterocycles. The van der Waals surface area contributed by atoms with Gasteiger partial charge in [-0.2, -0.15) is 0 Å². The zero-order valence-electron chi connectivity index (χ0n) is 8.83. The molecule has 1 aromatic heterocycles. The molecular weight excluding hydrogens is 260 g/mol. The molecule has 84 valence electrons. The molecule has 0 aliphatic heterocycles. The van der Waals surface area contributed by atoms with Gasteiger partial charge in [-0.05, 0) is 22.0 Å². The first-order valence-corrected chi connectivity index (χ1v) is 5.41. The van der Waals surface area contributed by atoms with Crippen molar-refractivity contribution in [2.45, 2.75) is 20.4 Å². The zero-order chi connectivity index (χ0) is 11.6. The molecule has 0 bridgehead atoms. The molecule has 0 atom stereocenters. The van der Waals surface area contributed by atoms with Gasteiger partial charge in [-0.25, -0.2) is 0 Å². The van der Waals surface area contributed by atoms with Gasteiger partial charge in [-0.15, -0.1) is 0 Å². The van der Waals surface area contributed by atoms with Crippen LogP contribution in [0.1, 0.15) is 13.8 Å². The Balaban J connectivity index is 3.11. The number of pyridine rings is 1. The number of nitrogen functional groups attached to an aromatic ring is 1. The predicted molar refractivity (Wildman–Crippen MR) is 63.7 cm³/mol. The highest BCUT2D eigenvalue weighted by Crippen LogP contribution is 2.17. The molecular formula is C10H15BrN2O2. The molecule has 0 aromatic carbocycles. The van der Waals surface area contributed by atoms with Crippen LogP contribution in [0.2, 0.25) is 0 Å². The van der Waals surface area contributed by atoms with Gasteiger partial charge in [0.2, 0.25) is 0 Å². The van der Waals surface area contributed by atoms with Crippen molar-refractivity contribution in [1.29, 1.82) is 0 Å². The van der Waals surface area contributed by atoms with E-state index < -0.39 is 0 Å². The van der Waals surface area contributed by atoms with Gasteiger partial charge < -0.3 is 15.4 Å². The van der Waals surface area contributed by atoms with Crippen LogP contribution in [0.15, 0.2) is 21.5 Å². The summed E-state index contributed by atoms with van der Waals surface area (Å²) in [6, 6.07) is 1.57. The molecule has 0 aliphatic carbocycles. The fourth-order valence-electron chi connectivity index (χ4n) is 1.25. The predicted octanol–water partition coefficient (Wildman–Crippen LogP) is 1.21. The molecule has 0 aliphatic rings. The van der Waals surface area contributed by atoms with E-state index in [0.29, 0.717) is 16.7 Å². The highest BCUT2D eigenvalue weighted by atomic mass is 79.9. The summed E-state index contributed by atoms with van der Waals surface area (Å²) in [6.07, 6.45) is 1.59. The van der Waals surface area contributed by atoms with E-state index in [0.717, 1.165) is 0 Å². The minimum absolute atomic E-state index is 0.0197. The average molecular weight is 275 g/mol. The van der Waals surface area contributed by atoms with E-state index >= 15 is 0 Å². The van der Waals surface area contributed by atoms with Crippen LogP contribution in [0, 0.1) is 5.41 Å². The number of anilines is 1. The van der Waals surface area contributed by atoms with Gasteiger partial charge in [0.1, 0.15) is 0 Å². The average Bonchev–Trinajstić information content (AvgIpc) is 2.13. The second-order valence-corrected chi connectivity index (χ2v) is 5.23. The smallest absolute Gasteiger partial charge is 0.264 e. The molecule has 3 N–H and O–H groups in total. The van der Waals surface area contributed by atoms with Gasteiger partial charge in [0.25, 0.3) is 5.56 Å². The number of halogens is 1. The molecule has 1 heterocycles. The molecule has 0 spiro atoms. The number of aliphatic hydroxyl groups excluding tert-OH is 1. The van der Waals surface area contributed by atoms with Crippen molar-refractivity contribution >= 4 is 21.6 Å². The molecule has 1 rings (SSSR count). The maximum Gasteiger partial charge on any atom is 0.264 e. The molecule has 0 unspecified atom stereocenters. The summed E-state index contributed by atoms with van der Waals surface area (Å²) in [5.74, 6) is 0. The summed E-state index contributed by atoms with van der Waals surface area (Å²) < 4.78 is 1.95. The topological polar surface area (TPSA) is 68.2 Å². The Kier molecular flexibility index (Phi) is 3.57. The van der Waals surface area contributed by atoms with Crippen molar-refractivity contribution < 1.29 is 5.11 Å². The highest BCUT2D eigenvalue weighted by molar-refractivity contribution is 9.10. The van der Waals surface area contributed by atoms with Gasteiger partial charge in [0.15, 0.2) is 0 Å². The SMILES string of the molecule is CC(C)(CO)Cn1cc(N)cc(Br)c1=O. The Hall–Kier alpha value is -0.810. The number of nitrogens with zero attached hydrogens (tertiary/aromatic N) is 1. The fraction of sp³-hybridized carbons (Fsp3) is 0.500. The zero-order valence-corrected chi connectivity index (χ0v) is 10.4. The molecule has 15 heavy (non-hydrogen) atoms. The van der Waals surface area contributed by atoms with Crippen molar-refractivity contribution in [3.63, 3.8) is 0 Å². The largest absolute Gasteiger partial charge is 0.398 e. The van der Waals surface area contributed by atoms with Gasteiger partial charge in [0, 0.05) is 30.5 Å². The van der Waals surface area contributed by atoms with Gasteiger partial charge in [-0.3, -0.25) is 4.79 Å². The lowest BCUT2D eigenvalue weighted by molar-refractivity contribution is 0.139. The minimum atomic E-state index is -0.336. The Bertz CT molecular complexity index is 412. The molecule has 4 nitrogen and oxygen atoms in total. The third kappa shape index (κ3) is 3.07. The minimum Gasteiger partial charge on any atom is -0.398 e. The maximum atomic E-state index is 11.7. The third-order valence-electron chi connectivity index (χ3n) is 2.09. The lowest BCUT2D eigenvalue weighted by Gasteiger charge is -2.22. The van der Waals surface area contributed by atoms with Crippen LogP contribution in [0.25, 0.3) is 0 Å². The summed E-state index contributed by atoms with van der Waals surface area (Å²) in [5.41, 5.74) is 5.69. The van der Waals surface area contributed by atoms with Gasteiger partial charge in [-0.1, -0.05) is 13.8 Å². The number of rotatable bonds is 3. The first-order chi connectivity index (χ1) is 6.85. The third-order valence-corrected chi connectivity index (χ3v) is 2.66. The number of hydrogen-bond donors (Lipinski definition) is 2. The molecule has 0 radical (unpaired) electrons. The van der Waals surface area contributed by atoms with Crippen LogP contribution in [-0.4, -0.2) is 16.3 Å². The van der Waals surface area contributed by atoms with Crippen LogP contribution in [0.3, 0.4) is 0 Å². The molecule has 0 amide bonds. The first-order valence-electron chi connectivity index (χ1n) is 4.62. The lowest BCUT2D eigenvalue weighted by atomic mass is 9.95. The molecule has 5 heteroatoms. The summed E-state index contributed by atoms with van der Waals surface area (Å²) >= 11 is 3.15. The number of aliphatic hydroxyl groups is 1. The number of hydrogen-bond acceptors (Lipinski definition) is 3.